The van der Waals surface area contributed by atoms with Crippen molar-refractivity contribution < 1.29 is 19.3 Å². The topological polar surface area (TPSA) is 54.5 Å². The standard InChI is InChI=1S/C7H12O4/c1-3-9-5(2)7-6(4-8,10-7)11-7/h5,8H,3-4H2,1-2H3. The van der Waals surface area contributed by atoms with Crippen molar-refractivity contribution in [1.29, 1.82) is 0 Å². The van der Waals surface area contributed by atoms with Crippen LogP contribution in [-0.4, -0.2) is 36.0 Å². The minimum Gasteiger partial charge on any atom is -0.391 e. The lowest BCUT2D eigenvalue weighted by Crippen LogP contribution is -2.22. The Bertz CT molecular complexity index is 173. The summed E-state index contributed by atoms with van der Waals surface area (Å²) < 4.78 is 15.6. The van der Waals surface area contributed by atoms with Gasteiger partial charge in [-0.1, -0.05) is 0 Å². The normalized spacial score (nSPS) is 48.3. The molecule has 4 nitrogen and oxygen atoms in total. The van der Waals surface area contributed by atoms with Crippen molar-refractivity contribution in [2.75, 3.05) is 13.2 Å². The quantitative estimate of drug-likeness (QED) is 0.581. The molecule has 0 saturated carbocycles. The van der Waals surface area contributed by atoms with Crippen molar-refractivity contribution in [2.24, 2.45) is 0 Å². The maximum absolute atomic E-state index is 8.78. The van der Waals surface area contributed by atoms with Gasteiger partial charge in [-0.15, -0.1) is 0 Å². The molecular weight excluding hydrogens is 148 g/mol. The number of hydrogen-bond donors (Lipinski definition) is 1. The summed E-state index contributed by atoms with van der Waals surface area (Å²) >= 11 is 0. The van der Waals surface area contributed by atoms with Crippen LogP contribution in [0.4, 0.5) is 0 Å². The summed E-state index contributed by atoms with van der Waals surface area (Å²) in [7, 11) is 0. The highest BCUT2D eigenvalue weighted by Gasteiger charge is 2.93. The molecule has 0 bridgehead atoms. The van der Waals surface area contributed by atoms with Crippen molar-refractivity contribution in [3.63, 3.8) is 0 Å². The van der Waals surface area contributed by atoms with Gasteiger partial charge in [-0.3, -0.25) is 0 Å². The second-order valence-corrected chi connectivity index (χ2v) is 2.88. The van der Waals surface area contributed by atoms with Crippen molar-refractivity contribution in [3.05, 3.63) is 0 Å². The van der Waals surface area contributed by atoms with E-state index in [1.54, 1.807) is 0 Å². The number of rotatable bonds is 4. The third kappa shape index (κ3) is 0.727. The molecule has 2 rings (SSSR count). The molecule has 1 atom stereocenters. The van der Waals surface area contributed by atoms with Gasteiger partial charge in [0.2, 0.25) is 0 Å². The highest BCUT2D eigenvalue weighted by atomic mass is 17.1. The predicted octanol–water partition coefficient (Wildman–Crippen LogP) is -0.143. The van der Waals surface area contributed by atoms with Gasteiger partial charge in [0, 0.05) is 6.61 Å². The summed E-state index contributed by atoms with van der Waals surface area (Å²) in [4.78, 5) is 0. The first-order valence-corrected chi connectivity index (χ1v) is 3.83. The van der Waals surface area contributed by atoms with Crippen LogP contribution in [0.15, 0.2) is 0 Å². The van der Waals surface area contributed by atoms with Gasteiger partial charge < -0.3 is 19.3 Å². The van der Waals surface area contributed by atoms with Crippen molar-refractivity contribution >= 4 is 0 Å². The zero-order valence-corrected chi connectivity index (χ0v) is 6.66. The third-order valence-corrected chi connectivity index (χ3v) is 2.24. The summed E-state index contributed by atoms with van der Waals surface area (Å²) in [6, 6.07) is 0. The fraction of sp³-hybridized carbons (Fsp3) is 1.00. The molecule has 64 valence electrons. The Hall–Kier alpha value is -0.160. The summed E-state index contributed by atoms with van der Waals surface area (Å²) in [5.41, 5.74) is 0. The molecule has 2 heterocycles. The summed E-state index contributed by atoms with van der Waals surface area (Å²) in [6.07, 6.45) is -0.0837. The molecule has 0 aromatic carbocycles. The molecule has 0 amide bonds. The van der Waals surface area contributed by atoms with Crippen LogP contribution in [0, 0.1) is 0 Å². The number of epoxide rings is 2. The van der Waals surface area contributed by atoms with Gasteiger partial charge in [0.05, 0.1) is 0 Å². The fourth-order valence-electron chi connectivity index (χ4n) is 1.46. The summed E-state index contributed by atoms with van der Waals surface area (Å²) in [6.45, 7) is 4.36. The lowest BCUT2D eigenvalue weighted by Gasteiger charge is -2.09. The molecule has 0 spiro atoms. The van der Waals surface area contributed by atoms with E-state index in [2.05, 4.69) is 0 Å². The average molecular weight is 160 g/mol. The molecule has 0 aromatic rings. The van der Waals surface area contributed by atoms with Gasteiger partial charge in [-0.05, 0) is 13.8 Å². The van der Waals surface area contributed by atoms with E-state index in [0.717, 1.165) is 0 Å². The molecule has 0 aromatic heterocycles. The highest BCUT2D eigenvalue weighted by Crippen LogP contribution is 2.69. The summed E-state index contributed by atoms with van der Waals surface area (Å²) in [5, 5.41) is 8.78. The minimum absolute atomic E-state index is 0.0790. The van der Waals surface area contributed by atoms with Gasteiger partial charge in [-0.2, -0.15) is 0 Å². The number of hydrogen-bond acceptors (Lipinski definition) is 4. The van der Waals surface area contributed by atoms with E-state index < -0.39 is 11.6 Å². The smallest absolute Gasteiger partial charge is 0.258 e. The largest absolute Gasteiger partial charge is 0.391 e. The van der Waals surface area contributed by atoms with Crippen LogP contribution >= 0.6 is 0 Å². The van der Waals surface area contributed by atoms with Crippen LogP contribution in [0.2, 0.25) is 0 Å². The van der Waals surface area contributed by atoms with Crippen LogP contribution in [-0.2, 0) is 14.2 Å². The average Bonchev–Trinajstić information content (AvgIpc) is 2.71. The van der Waals surface area contributed by atoms with E-state index >= 15 is 0 Å². The van der Waals surface area contributed by atoms with E-state index in [0.29, 0.717) is 6.61 Å². The molecular formula is C7H12O4. The number of aliphatic hydroxyl groups excluding tert-OH is 1. The van der Waals surface area contributed by atoms with Crippen LogP contribution in [0.1, 0.15) is 13.8 Å². The van der Waals surface area contributed by atoms with Crippen LogP contribution in [0.3, 0.4) is 0 Å². The SMILES string of the molecule is CCOC(C)C12OC1(CO)O2. The molecule has 2 aliphatic heterocycles. The maximum atomic E-state index is 8.78. The Labute approximate surface area is 65.1 Å². The van der Waals surface area contributed by atoms with Gasteiger partial charge in [-0.25, -0.2) is 0 Å². The van der Waals surface area contributed by atoms with E-state index in [1.165, 1.54) is 0 Å². The Kier molecular flexibility index (Phi) is 1.33. The number of fused-ring (bicyclic) bond motifs is 1. The summed E-state index contributed by atoms with van der Waals surface area (Å²) in [5.74, 6) is -1.29. The fourth-order valence-corrected chi connectivity index (χ4v) is 1.46. The van der Waals surface area contributed by atoms with E-state index in [-0.39, 0.29) is 12.7 Å². The van der Waals surface area contributed by atoms with Crippen molar-refractivity contribution in [1.82, 2.24) is 0 Å². The van der Waals surface area contributed by atoms with Crippen LogP contribution in [0.5, 0.6) is 0 Å². The van der Waals surface area contributed by atoms with Crippen molar-refractivity contribution in [2.45, 2.75) is 31.5 Å². The minimum atomic E-state index is -0.693. The molecule has 11 heavy (non-hydrogen) atoms. The molecule has 1 N–H and O–H groups in total. The molecule has 0 radical (unpaired) electrons. The number of aliphatic hydroxyl groups is 1. The first-order chi connectivity index (χ1) is 5.21. The first-order valence-electron chi connectivity index (χ1n) is 3.83. The monoisotopic (exact) mass is 160 g/mol. The van der Waals surface area contributed by atoms with Crippen LogP contribution < -0.4 is 0 Å². The Morgan fingerprint density at radius 2 is 2.18 bits per heavy atom. The van der Waals surface area contributed by atoms with Gasteiger partial charge in [0.25, 0.3) is 11.6 Å². The van der Waals surface area contributed by atoms with E-state index in [9.17, 15) is 0 Å². The third-order valence-electron chi connectivity index (χ3n) is 2.24. The zero-order valence-electron chi connectivity index (χ0n) is 6.66. The van der Waals surface area contributed by atoms with Crippen LogP contribution in [0.25, 0.3) is 0 Å². The van der Waals surface area contributed by atoms with Gasteiger partial charge in [0.15, 0.2) is 0 Å². The molecule has 2 fully saturated rings. The number of ether oxygens (including phenoxy) is 3. The van der Waals surface area contributed by atoms with Crippen molar-refractivity contribution in [3.8, 4) is 0 Å². The highest BCUT2D eigenvalue weighted by molar-refractivity contribution is 5.21. The second kappa shape index (κ2) is 1.95. The molecule has 2 aliphatic rings. The van der Waals surface area contributed by atoms with Gasteiger partial charge in [0.1, 0.15) is 12.7 Å². The molecule has 0 aliphatic carbocycles. The Balaban J connectivity index is 1.90. The Morgan fingerprint density at radius 1 is 1.55 bits per heavy atom. The first kappa shape index (κ1) is 7.49. The molecule has 2 saturated heterocycles. The molecule has 4 heteroatoms. The van der Waals surface area contributed by atoms with Gasteiger partial charge >= 0.3 is 0 Å². The Morgan fingerprint density at radius 3 is 2.55 bits per heavy atom. The predicted molar refractivity (Wildman–Crippen MR) is 35.8 cm³/mol. The van der Waals surface area contributed by atoms with E-state index in [4.69, 9.17) is 19.3 Å². The zero-order chi connectivity index (χ0) is 8.11. The lowest BCUT2D eigenvalue weighted by molar-refractivity contribution is -0.152. The maximum Gasteiger partial charge on any atom is 0.258 e. The molecule has 1 unspecified atom stereocenters. The van der Waals surface area contributed by atoms with E-state index in [1.807, 2.05) is 13.8 Å². The second-order valence-electron chi connectivity index (χ2n) is 2.88. The lowest BCUT2D eigenvalue weighted by atomic mass is 10.2.